The highest BCUT2D eigenvalue weighted by Gasteiger charge is 2.49. The maximum atomic E-state index is 15.4. The van der Waals surface area contributed by atoms with Crippen molar-refractivity contribution in [1.82, 2.24) is 14.9 Å². The number of anilines is 1. The van der Waals surface area contributed by atoms with Gasteiger partial charge in [-0.15, -0.1) is 0 Å². The molecule has 0 bridgehead atoms. The average Bonchev–Trinajstić information content (AvgIpc) is 3.29. The van der Waals surface area contributed by atoms with E-state index in [0.717, 1.165) is 39.3 Å². The van der Waals surface area contributed by atoms with Crippen molar-refractivity contribution in [3.63, 3.8) is 0 Å². The smallest absolute Gasteiger partial charge is 0.303 e. The van der Waals surface area contributed by atoms with Crippen molar-refractivity contribution >= 4 is 16.7 Å². The third-order valence-corrected chi connectivity index (χ3v) is 7.48. The minimum absolute atomic E-state index is 0.0173. The van der Waals surface area contributed by atoms with Crippen molar-refractivity contribution < 1.29 is 27.8 Å². The van der Waals surface area contributed by atoms with Crippen LogP contribution in [0.3, 0.4) is 0 Å². The molecule has 3 atom stereocenters. The summed E-state index contributed by atoms with van der Waals surface area (Å²) in [6.45, 7) is 8.35. The highest BCUT2D eigenvalue weighted by Crippen LogP contribution is 2.42. The molecule has 0 unspecified atom stereocenters. The molecule has 0 aliphatic carbocycles. The number of methoxy groups -OCH3 is 1. The van der Waals surface area contributed by atoms with Crippen LogP contribution in [0.2, 0.25) is 0 Å². The number of benzene rings is 2. The highest BCUT2D eigenvalue weighted by molar-refractivity contribution is 5.92. The van der Waals surface area contributed by atoms with Crippen LogP contribution in [0.25, 0.3) is 10.9 Å². The normalized spacial score (nSPS) is 18.3. The summed E-state index contributed by atoms with van der Waals surface area (Å²) >= 11 is 0. The Balaban J connectivity index is 1.71. The van der Waals surface area contributed by atoms with E-state index in [4.69, 9.17) is 9.47 Å². The molecule has 0 saturated carbocycles. The zero-order valence-electron chi connectivity index (χ0n) is 23.5. The van der Waals surface area contributed by atoms with E-state index < -0.39 is 28.9 Å². The number of nitrogens with zero attached hydrogens (tertiary/aromatic N) is 3. The summed E-state index contributed by atoms with van der Waals surface area (Å²) in [5.74, 6) is -2.95. The number of aromatic nitrogens is 2. The first-order valence-electron chi connectivity index (χ1n) is 13.1. The number of nitrogens with one attached hydrogen (secondary N) is 1. The van der Waals surface area contributed by atoms with Crippen molar-refractivity contribution in [2.75, 3.05) is 26.0 Å². The number of likely N-dealkylation sites (tertiary alicyclic amines) is 1. The van der Waals surface area contributed by atoms with Gasteiger partial charge in [-0.05, 0) is 73.2 Å². The molecule has 2 aromatic carbocycles. The quantitative estimate of drug-likeness (QED) is 0.342. The van der Waals surface area contributed by atoms with Crippen LogP contribution in [0.5, 0.6) is 11.5 Å². The molecule has 3 aromatic rings. The summed E-state index contributed by atoms with van der Waals surface area (Å²) in [6, 6.07) is 6.88. The molecule has 7 nitrogen and oxygen atoms in total. The number of aliphatic hydroxyl groups is 1. The number of hydrogen-bond acceptors (Lipinski definition) is 7. The number of rotatable bonds is 9. The standard InChI is InChI=1S/C29H37F3N4O3/c1-16(19-10-8-11-21(26(19)30)29(31,32)28(4,5)37)33-27-20-14-25(39-17(2)23-12-9-13-36(23)6)24(38-7)15-22(20)34-18(3)35-27/h8,10-11,14-17,23,37H,9,12-13H2,1-7H3,(H,33,34,35)/t16-,17-,23+/m1/s1. The molecule has 39 heavy (non-hydrogen) atoms. The zero-order valence-corrected chi connectivity index (χ0v) is 23.5. The van der Waals surface area contributed by atoms with E-state index >= 15 is 4.39 Å². The second-order valence-corrected chi connectivity index (χ2v) is 10.9. The Morgan fingerprint density at radius 1 is 1.15 bits per heavy atom. The SMILES string of the molecule is COc1cc2nc(C)nc(N[C@H](C)c3cccc(C(F)(F)C(C)(C)O)c3F)c2cc1O[C@H](C)[C@@H]1CCCN1C. The summed E-state index contributed by atoms with van der Waals surface area (Å²) in [6.07, 6.45) is 2.06. The molecule has 0 radical (unpaired) electrons. The van der Waals surface area contributed by atoms with Gasteiger partial charge in [-0.25, -0.2) is 14.4 Å². The Morgan fingerprint density at radius 3 is 2.49 bits per heavy atom. The van der Waals surface area contributed by atoms with E-state index in [2.05, 4.69) is 27.2 Å². The fraction of sp³-hybridized carbons (Fsp3) is 0.517. The number of ether oxygens (including phenoxy) is 2. The van der Waals surface area contributed by atoms with Crippen molar-refractivity contribution in [2.24, 2.45) is 0 Å². The number of alkyl halides is 2. The van der Waals surface area contributed by atoms with Crippen molar-refractivity contribution in [3.8, 4) is 11.5 Å². The molecule has 1 aliphatic rings. The number of likely N-dealkylation sites (N-methyl/N-ethyl adjacent to an activating group) is 1. The third kappa shape index (κ3) is 5.63. The first-order chi connectivity index (χ1) is 18.2. The number of halogens is 3. The summed E-state index contributed by atoms with van der Waals surface area (Å²) in [4.78, 5) is 11.3. The Bertz CT molecular complexity index is 1350. The minimum Gasteiger partial charge on any atom is -0.493 e. The lowest BCUT2D eigenvalue weighted by atomic mass is 9.91. The average molecular weight is 547 g/mol. The van der Waals surface area contributed by atoms with Crippen molar-refractivity contribution in [1.29, 1.82) is 0 Å². The lowest BCUT2D eigenvalue weighted by Crippen LogP contribution is -2.41. The van der Waals surface area contributed by atoms with Crippen LogP contribution >= 0.6 is 0 Å². The van der Waals surface area contributed by atoms with Gasteiger partial charge in [0.1, 0.15) is 29.2 Å². The molecule has 4 rings (SSSR count). The molecular formula is C29H37F3N4O3. The van der Waals surface area contributed by atoms with Crippen LogP contribution in [0.1, 0.15) is 63.5 Å². The van der Waals surface area contributed by atoms with Crippen LogP contribution in [0, 0.1) is 12.7 Å². The summed E-state index contributed by atoms with van der Waals surface area (Å²) < 4.78 is 57.1. The van der Waals surface area contributed by atoms with Gasteiger partial charge in [0, 0.05) is 23.1 Å². The second kappa shape index (κ2) is 10.8. The molecule has 1 saturated heterocycles. The molecule has 10 heteroatoms. The minimum atomic E-state index is -3.79. The molecule has 1 fully saturated rings. The Hall–Kier alpha value is -3.11. The van der Waals surface area contributed by atoms with Gasteiger partial charge < -0.3 is 19.9 Å². The maximum absolute atomic E-state index is 15.4. The van der Waals surface area contributed by atoms with Gasteiger partial charge in [-0.2, -0.15) is 8.78 Å². The van der Waals surface area contributed by atoms with E-state index in [1.165, 1.54) is 12.1 Å². The number of hydrogen-bond donors (Lipinski definition) is 2. The summed E-state index contributed by atoms with van der Waals surface area (Å²) in [5, 5.41) is 13.8. The molecule has 0 amide bonds. The van der Waals surface area contributed by atoms with Gasteiger partial charge >= 0.3 is 5.92 Å². The predicted octanol–water partition coefficient (Wildman–Crippen LogP) is 5.98. The fourth-order valence-corrected chi connectivity index (χ4v) is 5.16. The van der Waals surface area contributed by atoms with Crippen LogP contribution in [0.4, 0.5) is 19.0 Å². The van der Waals surface area contributed by atoms with Gasteiger partial charge in [0.25, 0.3) is 0 Å². The number of aryl methyl sites for hydroxylation is 1. The van der Waals surface area contributed by atoms with Gasteiger partial charge in [0.2, 0.25) is 0 Å². The molecule has 1 aromatic heterocycles. The number of fused-ring (bicyclic) bond motifs is 1. The maximum Gasteiger partial charge on any atom is 0.303 e. The van der Waals surface area contributed by atoms with Gasteiger partial charge in [-0.1, -0.05) is 12.1 Å². The monoisotopic (exact) mass is 546 g/mol. The Morgan fingerprint density at radius 2 is 1.87 bits per heavy atom. The molecule has 2 N–H and O–H groups in total. The van der Waals surface area contributed by atoms with Crippen LogP contribution in [0.15, 0.2) is 30.3 Å². The summed E-state index contributed by atoms with van der Waals surface area (Å²) in [5.41, 5.74) is -2.70. The first-order valence-corrected chi connectivity index (χ1v) is 13.1. The van der Waals surface area contributed by atoms with Crippen LogP contribution < -0.4 is 14.8 Å². The first kappa shape index (κ1) is 28.9. The third-order valence-electron chi connectivity index (χ3n) is 7.48. The molecule has 0 spiro atoms. The van der Waals surface area contributed by atoms with Gasteiger partial charge in [-0.3, -0.25) is 4.90 Å². The van der Waals surface area contributed by atoms with E-state index in [0.29, 0.717) is 34.0 Å². The van der Waals surface area contributed by atoms with Crippen molar-refractivity contribution in [2.45, 2.75) is 77.2 Å². The Kier molecular flexibility index (Phi) is 8.01. The van der Waals surface area contributed by atoms with E-state index in [9.17, 15) is 13.9 Å². The largest absolute Gasteiger partial charge is 0.493 e. The van der Waals surface area contributed by atoms with Crippen molar-refractivity contribution in [3.05, 3.63) is 53.1 Å². The second-order valence-electron chi connectivity index (χ2n) is 10.9. The highest BCUT2D eigenvalue weighted by atomic mass is 19.3. The zero-order chi connectivity index (χ0) is 28.7. The molecular weight excluding hydrogens is 509 g/mol. The molecule has 1 aliphatic heterocycles. The Labute approximate surface area is 227 Å². The van der Waals surface area contributed by atoms with Gasteiger partial charge in [0.15, 0.2) is 11.5 Å². The molecule has 2 heterocycles. The topological polar surface area (TPSA) is 79.7 Å². The fourth-order valence-electron chi connectivity index (χ4n) is 5.16. The van der Waals surface area contributed by atoms with Crippen LogP contribution in [-0.2, 0) is 5.92 Å². The predicted molar refractivity (Wildman–Crippen MR) is 145 cm³/mol. The summed E-state index contributed by atoms with van der Waals surface area (Å²) in [7, 11) is 3.65. The van der Waals surface area contributed by atoms with E-state index in [1.807, 2.05) is 6.92 Å². The van der Waals surface area contributed by atoms with E-state index in [-0.39, 0.29) is 17.7 Å². The lowest BCUT2D eigenvalue weighted by molar-refractivity contribution is -0.170. The van der Waals surface area contributed by atoms with E-state index in [1.54, 1.807) is 33.1 Å². The van der Waals surface area contributed by atoms with Crippen LogP contribution in [-0.4, -0.2) is 58.4 Å². The van der Waals surface area contributed by atoms with Gasteiger partial charge in [0.05, 0.1) is 24.2 Å². The molecule has 212 valence electrons. The lowest BCUT2D eigenvalue weighted by Gasteiger charge is -2.30.